The fraction of sp³-hybridized carbons (Fsp3) is 0.333. The molecule has 0 fully saturated rings. The van der Waals surface area contributed by atoms with Crippen LogP contribution in [0.25, 0.3) is 21.2 Å². The molecular formula is C48H55ClN2S. The van der Waals surface area contributed by atoms with E-state index < -0.39 is 0 Å². The molecular weight excluding hydrogens is 672 g/mol. The first-order chi connectivity index (χ1) is 24.2. The fourth-order valence-corrected chi connectivity index (χ4v) is 7.69. The van der Waals surface area contributed by atoms with Gasteiger partial charge in [0, 0.05) is 26.8 Å². The normalized spacial score (nSPS) is 12.7. The maximum atomic E-state index is 7.45. The van der Waals surface area contributed by atoms with E-state index in [1.54, 1.807) is 11.3 Å². The predicted octanol–water partition coefficient (Wildman–Crippen LogP) is 15.6. The van der Waals surface area contributed by atoms with Crippen molar-refractivity contribution in [2.75, 3.05) is 10.2 Å². The number of fused-ring (bicyclic) bond motifs is 1. The SMILES string of the molecule is CC(C)(C)c1cccc(N(c2cccc(Nc3ccc(-c4cc(C(C)(C)C)cc(C(C)(C)C)c4)cc3)c2Cl)c2csc3ccc(C(C)(C)C)cc23)c1. The molecule has 6 rings (SSSR count). The van der Waals surface area contributed by atoms with Gasteiger partial charge in [0.15, 0.2) is 0 Å². The van der Waals surface area contributed by atoms with Crippen LogP contribution in [0.15, 0.2) is 109 Å². The van der Waals surface area contributed by atoms with Crippen LogP contribution in [0, 0.1) is 0 Å². The fourth-order valence-electron chi connectivity index (χ4n) is 6.53. The van der Waals surface area contributed by atoms with Crippen molar-refractivity contribution in [1.82, 2.24) is 0 Å². The maximum absolute atomic E-state index is 7.45. The first kappa shape index (κ1) is 37.7. The molecule has 1 N–H and O–H groups in total. The highest BCUT2D eigenvalue weighted by atomic mass is 35.5. The van der Waals surface area contributed by atoms with Crippen LogP contribution in [-0.2, 0) is 21.7 Å². The molecule has 0 aliphatic heterocycles. The lowest BCUT2D eigenvalue weighted by Crippen LogP contribution is -2.16. The molecule has 270 valence electrons. The number of rotatable bonds is 6. The van der Waals surface area contributed by atoms with Crippen molar-refractivity contribution >= 4 is 61.5 Å². The van der Waals surface area contributed by atoms with Gasteiger partial charge in [0.25, 0.3) is 0 Å². The average molecular weight is 728 g/mol. The minimum absolute atomic E-state index is 0.000462. The minimum atomic E-state index is -0.000462. The zero-order valence-electron chi connectivity index (χ0n) is 33.1. The molecule has 0 saturated heterocycles. The van der Waals surface area contributed by atoms with Crippen molar-refractivity contribution in [3.63, 3.8) is 0 Å². The van der Waals surface area contributed by atoms with Gasteiger partial charge in [-0.1, -0.05) is 149 Å². The minimum Gasteiger partial charge on any atom is -0.354 e. The molecule has 0 saturated carbocycles. The number of hydrogen-bond donors (Lipinski definition) is 1. The van der Waals surface area contributed by atoms with Gasteiger partial charge in [0.05, 0.1) is 22.1 Å². The molecule has 2 nitrogen and oxygen atoms in total. The van der Waals surface area contributed by atoms with E-state index in [4.69, 9.17) is 11.6 Å². The molecule has 1 aromatic heterocycles. The summed E-state index contributed by atoms with van der Waals surface area (Å²) in [6, 6.07) is 37.9. The van der Waals surface area contributed by atoms with Gasteiger partial charge < -0.3 is 10.2 Å². The number of thiophene rings is 1. The summed E-state index contributed by atoms with van der Waals surface area (Å²) in [7, 11) is 0. The molecule has 0 amide bonds. The smallest absolute Gasteiger partial charge is 0.0881 e. The molecule has 0 radical (unpaired) electrons. The second-order valence-corrected chi connectivity index (χ2v) is 19.6. The standard InChI is InChI=1S/C48H55ClN2S/c1-45(2,3)33-15-13-16-38(28-33)51(42-30-52-43-24-21-34(29-39(42)43)46(4,5)6)41-18-14-17-40(44(41)49)50-37-22-19-31(20-23-37)32-25-35(47(7,8)9)27-36(26-32)48(10,11)12/h13-30,50H,1-12H3. The summed E-state index contributed by atoms with van der Waals surface area (Å²) in [6.45, 7) is 27.3. The van der Waals surface area contributed by atoms with Gasteiger partial charge >= 0.3 is 0 Å². The number of nitrogens with zero attached hydrogens (tertiary/aromatic N) is 1. The van der Waals surface area contributed by atoms with Gasteiger partial charge in [-0.3, -0.25) is 0 Å². The van der Waals surface area contributed by atoms with E-state index >= 15 is 0 Å². The zero-order chi connectivity index (χ0) is 37.8. The van der Waals surface area contributed by atoms with E-state index in [-0.39, 0.29) is 21.7 Å². The maximum Gasteiger partial charge on any atom is 0.0881 e. The first-order valence-electron chi connectivity index (χ1n) is 18.4. The van der Waals surface area contributed by atoms with E-state index in [2.05, 4.69) is 202 Å². The van der Waals surface area contributed by atoms with Crippen molar-refractivity contribution in [3.05, 3.63) is 136 Å². The molecule has 0 spiro atoms. The van der Waals surface area contributed by atoms with E-state index in [0.717, 1.165) is 28.4 Å². The zero-order valence-corrected chi connectivity index (χ0v) is 34.7. The van der Waals surface area contributed by atoms with Crippen LogP contribution < -0.4 is 10.2 Å². The van der Waals surface area contributed by atoms with Gasteiger partial charge in [-0.25, -0.2) is 0 Å². The summed E-state index contributed by atoms with van der Waals surface area (Å²) >= 11 is 9.23. The quantitative estimate of drug-likeness (QED) is 0.184. The van der Waals surface area contributed by atoms with Crippen LogP contribution in [0.2, 0.25) is 5.02 Å². The lowest BCUT2D eigenvalue weighted by molar-refractivity contribution is 0.569. The van der Waals surface area contributed by atoms with Crippen molar-refractivity contribution < 1.29 is 0 Å². The van der Waals surface area contributed by atoms with E-state index in [1.165, 1.54) is 43.5 Å². The molecule has 6 aromatic rings. The molecule has 0 bridgehead atoms. The lowest BCUT2D eigenvalue weighted by atomic mass is 9.79. The van der Waals surface area contributed by atoms with Gasteiger partial charge in [-0.2, -0.15) is 0 Å². The molecule has 1 heterocycles. The third kappa shape index (κ3) is 7.97. The highest BCUT2D eigenvalue weighted by Gasteiger charge is 2.25. The summed E-state index contributed by atoms with van der Waals surface area (Å²) < 4.78 is 1.26. The number of benzene rings is 5. The molecule has 4 heteroatoms. The molecule has 0 atom stereocenters. The number of anilines is 5. The van der Waals surface area contributed by atoms with E-state index in [9.17, 15) is 0 Å². The summed E-state index contributed by atoms with van der Waals surface area (Å²) in [6.07, 6.45) is 0. The van der Waals surface area contributed by atoms with Gasteiger partial charge in [-0.05, 0) is 104 Å². The van der Waals surface area contributed by atoms with Gasteiger partial charge in [0.1, 0.15) is 0 Å². The molecule has 0 aliphatic rings. The van der Waals surface area contributed by atoms with E-state index in [1.807, 2.05) is 0 Å². The Kier molecular flexibility index (Phi) is 9.96. The largest absolute Gasteiger partial charge is 0.354 e. The summed E-state index contributed by atoms with van der Waals surface area (Å²) in [4.78, 5) is 2.34. The van der Waals surface area contributed by atoms with Crippen molar-refractivity contribution in [1.29, 1.82) is 0 Å². The monoisotopic (exact) mass is 726 g/mol. The Labute approximate surface area is 321 Å². The summed E-state index contributed by atoms with van der Waals surface area (Å²) in [5.41, 5.74) is 12.9. The second-order valence-electron chi connectivity index (χ2n) is 18.4. The Morgan fingerprint density at radius 3 is 1.69 bits per heavy atom. The summed E-state index contributed by atoms with van der Waals surface area (Å²) in [5, 5.41) is 7.84. The third-order valence-electron chi connectivity index (χ3n) is 10.0. The van der Waals surface area contributed by atoms with Crippen LogP contribution in [-0.4, -0.2) is 0 Å². The van der Waals surface area contributed by atoms with Gasteiger partial charge in [-0.15, -0.1) is 11.3 Å². The Morgan fingerprint density at radius 1 is 0.519 bits per heavy atom. The predicted molar refractivity (Wildman–Crippen MR) is 231 cm³/mol. The molecule has 0 aliphatic carbocycles. The highest BCUT2D eigenvalue weighted by molar-refractivity contribution is 7.17. The van der Waals surface area contributed by atoms with Crippen molar-refractivity contribution in [3.8, 4) is 11.1 Å². The Bertz CT molecular complexity index is 2180. The van der Waals surface area contributed by atoms with Crippen LogP contribution >= 0.6 is 22.9 Å². The van der Waals surface area contributed by atoms with Crippen LogP contribution in [0.3, 0.4) is 0 Å². The third-order valence-corrected chi connectivity index (χ3v) is 11.4. The van der Waals surface area contributed by atoms with Crippen LogP contribution in [0.5, 0.6) is 0 Å². The lowest BCUT2D eigenvalue weighted by Gasteiger charge is -2.29. The topological polar surface area (TPSA) is 15.3 Å². The van der Waals surface area contributed by atoms with Gasteiger partial charge in [0.2, 0.25) is 0 Å². The van der Waals surface area contributed by atoms with Crippen LogP contribution in [0.1, 0.15) is 105 Å². The van der Waals surface area contributed by atoms with Crippen LogP contribution in [0.4, 0.5) is 28.4 Å². The Morgan fingerprint density at radius 2 is 1.10 bits per heavy atom. The first-order valence-corrected chi connectivity index (χ1v) is 19.7. The molecule has 0 unspecified atom stereocenters. The number of nitrogens with one attached hydrogen (secondary N) is 1. The molecule has 5 aromatic carbocycles. The number of hydrogen-bond acceptors (Lipinski definition) is 3. The average Bonchev–Trinajstić information content (AvgIpc) is 3.48. The molecule has 52 heavy (non-hydrogen) atoms. The summed E-state index contributed by atoms with van der Waals surface area (Å²) in [5.74, 6) is 0. The Hall–Kier alpha value is -4.05. The van der Waals surface area contributed by atoms with Crippen molar-refractivity contribution in [2.45, 2.75) is 105 Å². The van der Waals surface area contributed by atoms with Crippen molar-refractivity contribution in [2.24, 2.45) is 0 Å². The van der Waals surface area contributed by atoms with E-state index in [0.29, 0.717) is 5.02 Å². The Balaban J connectivity index is 1.41. The second kappa shape index (κ2) is 13.7. The number of halogens is 1. The highest BCUT2D eigenvalue weighted by Crippen LogP contribution is 2.47.